The minimum atomic E-state index is -4.66. The molecule has 1 saturated heterocycles. The van der Waals surface area contributed by atoms with Crippen molar-refractivity contribution in [2.45, 2.75) is 38.0 Å². The molecule has 0 saturated carbocycles. The summed E-state index contributed by atoms with van der Waals surface area (Å²) < 4.78 is 79.4. The van der Waals surface area contributed by atoms with E-state index in [4.69, 9.17) is 22.9 Å². The van der Waals surface area contributed by atoms with Gasteiger partial charge >= 0.3 is 18.4 Å². The summed E-state index contributed by atoms with van der Waals surface area (Å²) in [4.78, 5) is 51.1. The van der Waals surface area contributed by atoms with Crippen LogP contribution in [0.2, 0.25) is 0 Å². The van der Waals surface area contributed by atoms with Gasteiger partial charge in [-0.25, -0.2) is 4.79 Å². The van der Waals surface area contributed by atoms with Crippen molar-refractivity contribution >= 4 is 29.8 Å². The Bertz CT molecular complexity index is 1320. The van der Waals surface area contributed by atoms with E-state index in [1.165, 1.54) is 0 Å². The molecule has 2 aromatic carbocycles. The largest absolute Gasteiger partial charge is 0.416 e. The second kappa shape index (κ2) is 13.9. The number of urea groups is 1. The Balaban J connectivity index is 2.11. The fraction of sp³-hybridized carbons (Fsp3) is 0.393. The van der Waals surface area contributed by atoms with Gasteiger partial charge in [-0.15, -0.1) is 0 Å². The number of hydrogen-bond donors (Lipinski definition) is 4. The van der Waals surface area contributed by atoms with Crippen LogP contribution < -0.4 is 22.9 Å². The first-order valence-electron chi connectivity index (χ1n) is 13.6. The molecule has 45 heavy (non-hydrogen) atoms. The smallest absolute Gasteiger partial charge is 0.370 e. The maximum absolute atomic E-state index is 14.2. The van der Waals surface area contributed by atoms with E-state index in [2.05, 4.69) is 9.98 Å². The summed E-state index contributed by atoms with van der Waals surface area (Å²) in [5, 5.41) is 0. The highest BCUT2D eigenvalue weighted by Gasteiger charge is 2.57. The Morgan fingerprint density at radius 3 is 1.24 bits per heavy atom. The van der Waals surface area contributed by atoms with Gasteiger partial charge in [0.1, 0.15) is 5.41 Å². The molecular weight excluding hydrogens is 610 g/mol. The van der Waals surface area contributed by atoms with Crippen LogP contribution >= 0.6 is 0 Å². The van der Waals surface area contributed by atoms with Crippen molar-refractivity contribution in [3.05, 3.63) is 70.8 Å². The molecule has 0 atom stereocenters. The zero-order valence-electron chi connectivity index (χ0n) is 23.9. The fourth-order valence-electron chi connectivity index (χ4n) is 4.88. The Morgan fingerprint density at radius 1 is 0.622 bits per heavy atom. The summed E-state index contributed by atoms with van der Waals surface area (Å²) in [5.41, 5.74) is 17.6. The van der Waals surface area contributed by atoms with E-state index in [1.807, 2.05) is 0 Å². The van der Waals surface area contributed by atoms with E-state index < -0.39 is 59.6 Å². The first-order chi connectivity index (χ1) is 21.0. The minimum Gasteiger partial charge on any atom is -0.370 e. The number of carbonyl (C=O) groups excluding carboxylic acids is 3. The Hall–Kier alpha value is -4.83. The molecule has 0 radical (unpaired) electrons. The number of rotatable bonds is 12. The molecule has 0 spiro atoms. The molecule has 0 aromatic heterocycles. The average molecular weight is 643 g/mol. The number of nitrogens with zero attached hydrogens (tertiary/aromatic N) is 4. The highest BCUT2D eigenvalue weighted by atomic mass is 19.4. The van der Waals surface area contributed by atoms with E-state index in [-0.39, 0.29) is 62.1 Å². The monoisotopic (exact) mass is 642 g/mol. The van der Waals surface area contributed by atoms with E-state index in [1.54, 1.807) is 0 Å². The number of hydrogen-bond acceptors (Lipinski definition) is 5. The van der Waals surface area contributed by atoms with Crippen molar-refractivity contribution < 1.29 is 40.7 Å². The highest BCUT2D eigenvalue weighted by Crippen LogP contribution is 2.39. The van der Waals surface area contributed by atoms with Gasteiger partial charge in [-0.2, -0.15) is 26.3 Å². The Labute approximate surface area is 253 Å². The van der Waals surface area contributed by atoms with Gasteiger partial charge in [-0.1, -0.05) is 24.3 Å². The summed E-state index contributed by atoms with van der Waals surface area (Å²) in [5.74, 6) is -2.41. The number of alkyl halides is 6. The third-order valence-corrected chi connectivity index (χ3v) is 7.01. The average Bonchev–Trinajstić information content (AvgIpc) is 2.94. The second-order valence-corrected chi connectivity index (χ2v) is 10.3. The summed E-state index contributed by atoms with van der Waals surface area (Å²) >= 11 is 0. The first kappa shape index (κ1) is 34.7. The molecule has 1 heterocycles. The third kappa shape index (κ3) is 8.63. The van der Waals surface area contributed by atoms with Crippen molar-refractivity contribution in [1.82, 2.24) is 9.80 Å². The van der Waals surface area contributed by atoms with Crippen molar-refractivity contribution in [1.29, 1.82) is 0 Å². The van der Waals surface area contributed by atoms with E-state index in [0.29, 0.717) is 0 Å². The Morgan fingerprint density at radius 2 is 0.956 bits per heavy atom. The molecule has 3 rings (SSSR count). The molecule has 4 amide bonds. The number of guanidine groups is 2. The summed E-state index contributed by atoms with van der Waals surface area (Å²) in [6, 6.07) is 6.55. The van der Waals surface area contributed by atoms with E-state index >= 15 is 0 Å². The highest BCUT2D eigenvalue weighted by molar-refractivity contribution is 6.19. The molecule has 0 unspecified atom stereocenters. The number of benzene rings is 2. The van der Waals surface area contributed by atoms with Crippen LogP contribution in [-0.4, -0.2) is 65.7 Å². The van der Waals surface area contributed by atoms with Crippen LogP contribution in [0.25, 0.3) is 0 Å². The minimum absolute atomic E-state index is 0.0165. The molecule has 8 N–H and O–H groups in total. The molecule has 0 bridgehead atoms. The lowest BCUT2D eigenvalue weighted by molar-refractivity contribution is -0.159. The van der Waals surface area contributed by atoms with Crippen LogP contribution in [0.1, 0.15) is 35.1 Å². The number of imide groups is 2. The predicted molar refractivity (Wildman–Crippen MR) is 152 cm³/mol. The van der Waals surface area contributed by atoms with Crippen molar-refractivity contribution in [3.63, 3.8) is 0 Å². The fourth-order valence-corrected chi connectivity index (χ4v) is 4.88. The topological polar surface area (TPSA) is 186 Å². The van der Waals surface area contributed by atoms with E-state index in [0.717, 1.165) is 58.3 Å². The van der Waals surface area contributed by atoms with Gasteiger partial charge in [0.2, 0.25) is 11.8 Å². The molecule has 17 heteroatoms. The van der Waals surface area contributed by atoms with Gasteiger partial charge in [-0.3, -0.25) is 29.4 Å². The Kier molecular flexibility index (Phi) is 10.7. The van der Waals surface area contributed by atoms with Crippen molar-refractivity contribution in [3.8, 4) is 0 Å². The normalized spacial score (nSPS) is 15.3. The third-order valence-electron chi connectivity index (χ3n) is 7.01. The lowest BCUT2D eigenvalue weighted by Gasteiger charge is -2.44. The maximum atomic E-state index is 14.2. The predicted octanol–water partition coefficient (Wildman–Crippen LogP) is 2.61. The molecule has 1 aliphatic rings. The van der Waals surface area contributed by atoms with Crippen LogP contribution in [0.4, 0.5) is 31.1 Å². The van der Waals surface area contributed by atoms with Crippen molar-refractivity contribution in [2.24, 2.45) is 38.3 Å². The van der Waals surface area contributed by atoms with Gasteiger partial charge in [0.25, 0.3) is 0 Å². The number of nitrogens with two attached hydrogens (primary N) is 4. The SMILES string of the molecule is NC(N)=NCCCN1C(=O)N(CCCN=C(N)N)C(=O)C(Cc2ccc(C(F)(F)F)cc2)(Cc2ccc(C(F)(F)F)cc2)C1=O. The molecule has 244 valence electrons. The zero-order valence-corrected chi connectivity index (χ0v) is 23.9. The molecule has 1 fully saturated rings. The van der Waals surface area contributed by atoms with Gasteiger partial charge in [-0.05, 0) is 61.1 Å². The van der Waals surface area contributed by atoms with Crippen LogP contribution in [-0.2, 0) is 34.8 Å². The van der Waals surface area contributed by atoms with E-state index in [9.17, 15) is 40.7 Å². The van der Waals surface area contributed by atoms with Crippen LogP contribution in [0, 0.1) is 5.41 Å². The first-order valence-corrected chi connectivity index (χ1v) is 13.6. The molecular formula is C28H32F6N8O3. The molecule has 1 aliphatic heterocycles. The number of halogens is 6. The molecule has 2 aromatic rings. The van der Waals surface area contributed by atoms with Gasteiger partial charge in [0.15, 0.2) is 11.9 Å². The number of aliphatic imine (C=N–C) groups is 2. The number of barbiturate groups is 1. The summed E-state index contributed by atoms with van der Waals surface area (Å²) in [6.07, 6.45) is -10.1. The number of carbonyl (C=O) groups is 3. The maximum Gasteiger partial charge on any atom is 0.416 e. The van der Waals surface area contributed by atoms with Crippen LogP contribution in [0.3, 0.4) is 0 Å². The number of amides is 4. The quantitative estimate of drug-likeness (QED) is 0.0901. The molecule has 0 aliphatic carbocycles. The standard InChI is InChI=1S/C28H32F6N8O3/c29-27(30,31)19-7-3-17(4-8-19)15-26(16-18-5-9-20(10-6-18)28(32,33)34)21(43)41(13-1-11-39-23(35)36)25(45)42(22(26)44)14-2-12-40-24(37)38/h3-10H,1-2,11-16H2,(H4,35,36,39)(H4,37,38,40). The molecule has 11 nitrogen and oxygen atoms in total. The van der Waals surface area contributed by atoms with Gasteiger partial charge in [0.05, 0.1) is 11.1 Å². The van der Waals surface area contributed by atoms with Gasteiger partial charge in [0, 0.05) is 26.2 Å². The second-order valence-electron chi connectivity index (χ2n) is 10.3. The zero-order chi connectivity index (χ0) is 33.6. The lowest BCUT2D eigenvalue weighted by Crippen LogP contribution is -2.66. The van der Waals surface area contributed by atoms with Crippen LogP contribution in [0.15, 0.2) is 58.5 Å². The van der Waals surface area contributed by atoms with Gasteiger partial charge < -0.3 is 22.9 Å². The summed E-state index contributed by atoms with van der Waals surface area (Å²) in [7, 11) is 0. The van der Waals surface area contributed by atoms with Crippen molar-refractivity contribution in [2.75, 3.05) is 26.2 Å². The lowest BCUT2D eigenvalue weighted by atomic mass is 9.72. The summed E-state index contributed by atoms with van der Waals surface area (Å²) in [6.45, 7) is -0.451. The van der Waals surface area contributed by atoms with Crippen LogP contribution in [0.5, 0.6) is 0 Å².